The van der Waals surface area contributed by atoms with Crippen molar-refractivity contribution in [2.45, 2.75) is 37.2 Å². The van der Waals surface area contributed by atoms with Gasteiger partial charge in [0.2, 0.25) is 15.9 Å². The molecule has 7 nitrogen and oxygen atoms in total. The van der Waals surface area contributed by atoms with Crippen LogP contribution in [0.5, 0.6) is 0 Å². The molecule has 0 spiro atoms. The van der Waals surface area contributed by atoms with E-state index in [-0.39, 0.29) is 48.2 Å². The maximum atomic E-state index is 13.0. The molecule has 0 aliphatic carbocycles. The highest BCUT2D eigenvalue weighted by molar-refractivity contribution is 7.89. The molecule has 27 heavy (non-hydrogen) atoms. The van der Waals surface area contributed by atoms with Crippen molar-refractivity contribution in [1.82, 2.24) is 14.5 Å². The number of rotatable bonds is 7. The summed E-state index contributed by atoms with van der Waals surface area (Å²) in [7, 11) is -1.57. The second-order valence-electron chi connectivity index (χ2n) is 6.61. The van der Waals surface area contributed by atoms with Crippen LogP contribution in [0.2, 0.25) is 0 Å². The number of likely N-dealkylation sites (N-methyl/N-ethyl adjacent to an activating group) is 1. The Bertz CT molecular complexity index is 693. The normalized spacial score (nSPS) is 16.7. The van der Waals surface area contributed by atoms with Gasteiger partial charge in [-0.15, -0.1) is 24.8 Å². The van der Waals surface area contributed by atoms with E-state index in [0.29, 0.717) is 31.5 Å². The monoisotopic (exact) mass is 440 g/mol. The van der Waals surface area contributed by atoms with E-state index >= 15 is 0 Å². The quantitative estimate of drug-likeness (QED) is 0.663. The Morgan fingerprint density at radius 2 is 1.78 bits per heavy atom. The smallest absolute Gasteiger partial charge is 0.243 e. The number of halogens is 2. The fraction of sp³-hybridized carbons (Fsp3) is 0.588. The van der Waals surface area contributed by atoms with Gasteiger partial charge in [-0.05, 0) is 32.0 Å². The van der Waals surface area contributed by atoms with Crippen LogP contribution in [0.1, 0.15) is 25.3 Å². The molecule has 1 unspecified atom stereocenters. The van der Waals surface area contributed by atoms with Crippen molar-refractivity contribution in [3.8, 4) is 0 Å². The van der Waals surface area contributed by atoms with Crippen LogP contribution in [-0.4, -0.2) is 62.8 Å². The van der Waals surface area contributed by atoms with Crippen molar-refractivity contribution >= 4 is 40.7 Å². The van der Waals surface area contributed by atoms with Gasteiger partial charge in [-0.1, -0.05) is 18.2 Å². The van der Waals surface area contributed by atoms with Crippen molar-refractivity contribution in [3.63, 3.8) is 0 Å². The molecular weight excluding hydrogens is 411 g/mol. The average Bonchev–Trinajstić information content (AvgIpc) is 2.58. The van der Waals surface area contributed by atoms with Crippen LogP contribution in [0.4, 0.5) is 0 Å². The number of nitrogens with one attached hydrogen (secondary N) is 1. The standard InChI is InChI=1S/C17H28N4O3S.2ClH/c1-14(18)7-8-17(22)19-13-15-5-3-4-6-16(15)25(23,24)21-11-9-20(2)10-12-21;;/h3-6,14H,7-13,18H2,1-2H3,(H,19,22);2*1H. The molecule has 156 valence electrons. The molecule has 1 aromatic carbocycles. The molecule has 10 heteroatoms. The van der Waals surface area contributed by atoms with Crippen LogP contribution in [0.3, 0.4) is 0 Å². The summed E-state index contributed by atoms with van der Waals surface area (Å²) in [5, 5.41) is 2.79. The molecule has 0 saturated carbocycles. The first-order chi connectivity index (χ1) is 11.8. The van der Waals surface area contributed by atoms with Gasteiger partial charge in [0.25, 0.3) is 0 Å². The zero-order valence-corrected chi connectivity index (χ0v) is 18.2. The van der Waals surface area contributed by atoms with Gasteiger partial charge in [0, 0.05) is 45.2 Å². The van der Waals surface area contributed by atoms with Gasteiger partial charge in [0.05, 0.1) is 4.90 Å². The molecule has 1 aromatic rings. The molecule has 3 N–H and O–H groups in total. The molecule has 1 aliphatic rings. The Hall–Kier alpha value is -0.900. The number of hydrogen-bond donors (Lipinski definition) is 2. The van der Waals surface area contributed by atoms with Gasteiger partial charge >= 0.3 is 0 Å². The largest absolute Gasteiger partial charge is 0.352 e. The third-order valence-corrected chi connectivity index (χ3v) is 6.35. The van der Waals surface area contributed by atoms with E-state index < -0.39 is 10.0 Å². The average molecular weight is 441 g/mol. The summed E-state index contributed by atoms with van der Waals surface area (Å²) in [5.74, 6) is -0.121. The summed E-state index contributed by atoms with van der Waals surface area (Å²) in [4.78, 5) is 14.3. The SMILES string of the molecule is CC(N)CCC(=O)NCc1ccccc1S(=O)(=O)N1CCN(C)CC1.Cl.Cl. The van der Waals surface area contributed by atoms with E-state index in [1.807, 2.05) is 14.0 Å². The number of carbonyl (C=O) groups excluding carboxylic acids is 1. The molecular formula is C17H30Cl2N4O3S. The molecule has 1 atom stereocenters. The van der Waals surface area contributed by atoms with Gasteiger partial charge in [0.15, 0.2) is 0 Å². The van der Waals surface area contributed by atoms with Gasteiger partial charge in [-0.3, -0.25) is 4.79 Å². The summed E-state index contributed by atoms with van der Waals surface area (Å²) in [5.41, 5.74) is 6.26. The Morgan fingerprint density at radius 3 is 2.37 bits per heavy atom. The Morgan fingerprint density at radius 1 is 1.19 bits per heavy atom. The number of nitrogens with zero attached hydrogens (tertiary/aromatic N) is 2. The Balaban J connectivity index is 0.00000338. The van der Waals surface area contributed by atoms with E-state index in [1.54, 1.807) is 24.3 Å². The number of sulfonamides is 1. The van der Waals surface area contributed by atoms with Crippen LogP contribution in [0.25, 0.3) is 0 Å². The van der Waals surface area contributed by atoms with Crippen LogP contribution in [0, 0.1) is 0 Å². The van der Waals surface area contributed by atoms with Crippen LogP contribution in [-0.2, 0) is 21.4 Å². The van der Waals surface area contributed by atoms with Gasteiger partial charge in [-0.25, -0.2) is 8.42 Å². The van der Waals surface area contributed by atoms with E-state index in [0.717, 1.165) is 13.1 Å². The fourth-order valence-electron chi connectivity index (χ4n) is 2.71. The fourth-order valence-corrected chi connectivity index (χ4v) is 4.35. The van der Waals surface area contributed by atoms with Crippen LogP contribution < -0.4 is 11.1 Å². The molecule has 0 radical (unpaired) electrons. The minimum Gasteiger partial charge on any atom is -0.352 e. The predicted octanol–water partition coefficient (Wildman–Crippen LogP) is 1.21. The third-order valence-electron chi connectivity index (χ3n) is 4.36. The second-order valence-corrected chi connectivity index (χ2v) is 8.51. The second kappa shape index (κ2) is 11.8. The molecule has 0 aromatic heterocycles. The minimum atomic E-state index is -3.55. The molecule has 1 aliphatic heterocycles. The van der Waals surface area contributed by atoms with E-state index in [2.05, 4.69) is 10.2 Å². The third kappa shape index (κ3) is 7.56. The summed E-state index contributed by atoms with van der Waals surface area (Å²) < 4.78 is 27.4. The van der Waals surface area contributed by atoms with Crippen molar-refractivity contribution in [2.75, 3.05) is 33.2 Å². The summed E-state index contributed by atoms with van der Waals surface area (Å²) in [6.45, 7) is 4.44. The lowest BCUT2D eigenvalue weighted by Gasteiger charge is -2.32. The lowest BCUT2D eigenvalue weighted by Crippen LogP contribution is -2.47. The zero-order valence-electron chi connectivity index (χ0n) is 15.8. The maximum Gasteiger partial charge on any atom is 0.243 e. The maximum absolute atomic E-state index is 13.0. The van der Waals surface area contributed by atoms with Gasteiger partial charge in [0.1, 0.15) is 0 Å². The molecule has 0 bridgehead atoms. The molecule has 2 rings (SSSR count). The first kappa shape index (κ1) is 26.1. The topological polar surface area (TPSA) is 95.7 Å². The molecule has 1 saturated heterocycles. The molecule has 1 fully saturated rings. The number of nitrogens with two attached hydrogens (primary N) is 1. The van der Waals surface area contributed by atoms with Crippen LogP contribution >= 0.6 is 24.8 Å². The number of benzene rings is 1. The van der Waals surface area contributed by atoms with Crippen molar-refractivity contribution in [3.05, 3.63) is 29.8 Å². The zero-order chi connectivity index (χ0) is 18.4. The predicted molar refractivity (Wildman–Crippen MR) is 112 cm³/mol. The molecule has 1 amide bonds. The van der Waals surface area contributed by atoms with E-state index in [1.165, 1.54) is 4.31 Å². The van der Waals surface area contributed by atoms with Gasteiger partial charge in [-0.2, -0.15) is 4.31 Å². The summed E-state index contributed by atoms with van der Waals surface area (Å²) in [6.07, 6.45) is 0.943. The number of piperazine rings is 1. The number of carbonyl (C=O) groups is 1. The lowest BCUT2D eigenvalue weighted by atomic mass is 10.2. The first-order valence-corrected chi connectivity index (χ1v) is 10.0. The lowest BCUT2D eigenvalue weighted by molar-refractivity contribution is -0.121. The van der Waals surface area contributed by atoms with Crippen LogP contribution in [0.15, 0.2) is 29.2 Å². The Labute approximate surface area is 174 Å². The highest BCUT2D eigenvalue weighted by atomic mass is 35.5. The number of amides is 1. The molecule has 1 heterocycles. The van der Waals surface area contributed by atoms with Crippen molar-refractivity contribution in [1.29, 1.82) is 0 Å². The van der Waals surface area contributed by atoms with Crippen molar-refractivity contribution < 1.29 is 13.2 Å². The first-order valence-electron chi connectivity index (χ1n) is 8.59. The summed E-state index contributed by atoms with van der Waals surface area (Å²) in [6, 6.07) is 6.82. The van der Waals surface area contributed by atoms with Crippen molar-refractivity contribution in [2.24, 2.45) is 5.73 Å². The van der Waals surface area contributed by atoms with E-state index in [4.69, 9.17) is 5.73 Å². The summed E-state index contributed by atoms with van der Waals surface area (Å²) >= 11 is 0. The number of hydrogen-bond acceptors (Lipinski definition) is 5. The highest BCUT2D eigenvalue weighted by Crippen LogP contribution is 2.21. The van der Waals surface area contributed by atoms with E-state index in [9.17, 15) is 13.2 Å². The highest BCUT2D eigenvalue weighted by Gasteiger charge is 2.29. The van der Waals surface area contributed by atoms with Gasteiger partial charge < -0.3 is 16.0 Å². The minimum absolute atomic E-state index is 0. The Kier molecular flexibility index (Phi) is 11.4.